The van der Waals surface area contributed by atoms with Gasteiger partial charge in [-0.05, 0) is 12.1 Å². The van der Waals surface area contributed by atoms with E-state index >= 15 is 0 Å². The number of aliphatic carboxylic acids is 1. The van der Waals surface area contributed by atoms with Crippen LogP contribution in [0.15, 0.2) is 18.3 Å². The van der Waals surface area contributed by atoms with Crippen LogP contribution in [-0.2, 0) is 4.79 Å². The van der Waals surface area contributed by atoms with Gasteiger partial charge in [-0.1, -0.05) is 0 Å². The van der Waals surface area contributed by atoms with Crippen LogP contribution in [0.4, 0.5) is 5.82 Å². The van der Waals surface area contributed by atoms with Crippen LogP contribution in [0.3, 0.4) is 0 Å². The first-order chi connectivity index (χ1) is 6.52. The van der Waals surface area contributed by atoms with Gasteiger partial charge in [0.15, 0.2) is 0 Å². The third kappa shape index (κ3) is 2.07. The van der Waals surface area contributed by atoms with E-state index in [0.29, 0.717) is 5.82 Å². The maximum absolute atomic E-state index is 11.0. The lowest BCUT2D eigenvalue weighted by Crippen LogP contribution is -2.14. The number of hydrogen-bond acceptors (Lipinski definition) is 4. The number of rotatable bonds is 3. The molecule has 0 saturated carbocycles. The lowest BCUT2D eigenvalue weighted by atomic mass is 10.2. The molecule has 0 fully saturated rings. The van der Waals surface area contributed by atoms with Gasteiger partial charge in [0.25, 0.3) is 5.78 Å². The number of carboxylic acids is 1. The molecule has 0 unspecified atom stereocenters. The minimum Gasteiger partial charge on any atom is -0.475 e. The van der Waals surface area contributed by atoms with Crippen molar-refractivity contribution < 1.29 is 14.7 Å². The van der Waals surface area contributed by atoms with E-state index in [1.54, 1.807) is 25.1 Å². The predicted octanol–water partition coefficient (Wildman–Crippen LogP) is 0.415. The van der Waals surface area contributed by atoms with Gasteiger partial charge in [-0.25, -0.2) is 9.78 Å². The van der Waals surface area contributed by atoms with E-state index in [-0.39, 0.29) is 5.56 Å². The number of carboxylic acid groups (broad SMARTS) is 1. The molecule has 5 nitrogen and oxygen atoms in total. The molecule has 1 aromatic heterocycles. The average Bonchev–Trinajstić information content (AvgIpc) is 2.16. The molecule has 0 amide bonds. The number of carbonyl (C=O) groups excluding carboxylic acids is 1. The van der Waals surface area contributed by atoms with E-state index in [2.05, 4.69) is 4.98 Å². The van der Waals surface area contributed by atoms with Crippen LogP contribution < -0.4 is 4.90 Å². The number of aromatic nitrogens is 1. The highest BCUT2D eigenvalue weighted by molar-refractivity contribution is 6.39. The highest BCUT2D eigenvalue weighted by Crippen LogP contribution is 2.08. The maximum Gasteiger partial charge on any atom is 0.377 e. The Labute approximate surface area is 81.0 Å². The number of carbonyl (C=O) groups is 2. The number of ketones is 1. The van der Waals surface area contributed by atoms with E-state index in [1.165, 1.54) is 12.3 Å². The molecule has 0 aliphatic rings. The molecule has 0 atom stereocenters. The Morgan fingerprint density at radius 1 is 1.36 bits per heavy atom. The van der Waals surface area contributed by atoms with E-state index in [9.17, 15) is 9.59 Å². The van der Waals surface area contributed by atoms with Crippen LogP contribution in [-0.4, -0.2) is 35.9 Å². The Balaban J connectivity index is 2.94. The van der Waals surface area contributed by atoms with Crippen molar-refractivity contribution in [1.82, 2.24) is 4.98 Å². The summed E-state index contributed by atoms with van der Waals surface area (Å²) in [6.45, 7) is 0. The van der Waals surface area contributed by atoms with Crippen molar-refractivity contribution in [3.8, 4) is 0 Å². The van der Waals surface area contributed by atoms with Gasteiger partial charge in [0.05, 0.1) is 0 Å². The molecular weight excluding hydrogens is 184 g/mol. The molecule has 0 saturated heterocycles. The number of pyridine rings is 1. The SMILES string of the molecule is CN(C)c1ccc(C(=O)C(=O)O)cn1. The van der Waals surface area contributed by atoms with Crippen molar-refractivity contribution in [2.24, 2.45) is 0 Å². The summed E-state index contributed by atoms with van der Waals surface area (Å²) < 4.78 is 0. The first-order valence-electron chi connectivity index (χ1n) is 3.93. The van der Waals surface area contributed by atoms with Gasteiger partial charge in [-0.3, -0.25) is 4.79 Å². The van der Waals surface area contributed by atoms with E-state index in [0.717, 1.165) is 0 Å². The minimum absolute atomic E-state index is 0.0862. The molecular formula is C9H10N2O3. The monoisotopic (exact) mass is 194 g/mol. The van der Waals surface area contributed by atoms with Crippen molar-refractivity contribution in [1.29, 1.82) is 0 Å². The lowest BCUT2D eigenvalue weighted by molar-refractivity contribution is -0.131. The standard InChI is InChI=1S/C9H10N2O3/c1-11(2)7-4-3-6(5-10-7)8(12)9(13)14/h3-5H,1-2H3,(H,13,14). The van der Waals surface area contributed by atoms with Crippen molar-refractivity contribution in [3.63, 3.8) is 0 Å². The topological polar surface area (TPSA) is 70.5 Å². The highest BCUT2D eigenvalue weighted by Gasteiger charge is 2.14. The Hall–Kier alpha value is -1.91. The zero-order valence-corrected chi connectivity index (χ0v) is 7.89. The summed E-state index contributed by atoms with van der Waals surface area (Å²) >= 11 is 0. The van der Waals surface area contributed by atoms with Crippen molar-refractivity contribution >= 4 is 17.6 Å². The van der Waals surface area contributed by atoms with Crippen molar-refractivity contribution in [2.45, 2.75) is 0 Å². The van der Waals surface area contributed by atoms with E-state index in [4.69, 9.17) is 5.11 Å². The van der Waals surface area contributed by atoms with Gasteiger partial charge >= 0.3 is 5.97 Å². The first-order valence-corrected chi connectivity index (χ1v) is 3.93. The minimum atomic E-state index is -1.47. The van der Waals surface area contributed by atoms with Crippen LogP contribution in [0, 0.1) is 0 Å². The summed E-state index contributed by atoms with van der Waals surface area (Å²) in [6.07, 6.45) is 1.26. The molecule has 1 N–H and O–H groups in total. The summed E-state index contributed by atoms with van der Waals surface area (Å²) in [7, 11) is 3.61. The summed E-state index contributed by atoms with van der Waals surface area (Å²) in [5, 5.41) is 8.43. The average molecular weight is 194 g/mol. The molecule has 74 valence electrons. The molecule has 1 heterocycles. The second kappa shape index (κ2) is 3.87. The molecule has 0 bridgehead atoms. The highest BCUT2D eigenvalue weighted by atomic mass is 16.4. The molecule has 0 aromatic carbocycles. The number of hydrogen-bond donors (Lipinski definition) is 1. The Kier molecular flexibility index (Phi) is 2.81. The quantitative estimate of drug-likeness (QED) is 0.557. The second-order valence-electron chi connectivity index (χ2n) is 2.93. The Morgan fingerprint density at radius 2 is 2.00 bits per heavy atom. The molecule has 0 aliphatic carbocycles. The zero-order valence-electron chi connectivity index (χ0n) is 7.89. The summed E-state index contributed by atoms with van der Waals surface area (Å²) in [4.78, 5) is 27.0. The van der Waals surface area contributed by atoms with Crippen LogP contribution in [0.1, 0.15) is 10.4 Å². The molecule has 1 rings (SSSR count). The van der Waals surface area contributed by atoms with Gasteiger partial charge < -0.3 is 10.0 Å². The molecule has 14 heavy (non-hydrogen) atoms. The Bertz CT molecular complexity index is 357. The van der Waals surface area contributed by atoms with E-state index in [1.807, 2.05) is 0 Å². The molecule has 0 radical (unpaired) electrons. The van der Waals surface area contributed by atoms with Crippen molar-refractivity contribution in [3.05, 3.63) is 23.9 Å². The molecule has 0 aliphatic heterocycles. The first kappa shape index (κ1) is 10.2. The maximum atomic E-state index is 11.0. The van der Waals surface area contributed by atoms with Crippen LogP contribution in [0.2, 0.25) is 0 Å². The number of Topliss-reactive ketones (excluding diaryl/α,β-unsaturated/α-hetero) is 1. The van der Waals surface area contributed by atoms with E-state index < -0.39 is 11.8 Å². The lowest BCUT2D eigenvalue weighted by Gasteiger charge is -2.10. The fourth-order valence-corrected chi connectivity index (χ4v) is 0.908. The largest absolute Gasteiger partial charge is 0.475 e. The van der Waals surface area contributed by atoms with Crippen molar-refractivity contribution in [2.75, 3.05) is 19.0 Å². The van der Waals surface area contributed by atoms with Crippen LogP contribution in [0.5, 0.6) is 0 Å². The summed E-state index contributed by atoms with van der Waals surface area (Å²) in [5.74, 6) is -1.74. The third-order valence-corrected chi connectivity index (χ3v) is 1.66. The van der Waals surface area contributed by atoms with Gasteiger partial charge in [0.1, 0.15) is 5.82 Å². The number of nitrogens with zero attached hydrogens (tertiary/aromatic N) is 2. The van der Waals surface area contributed by atoms with Gasteiger partial charge in [-0.2, -0.15) is 0 Å². The van der Waals surface area contributed by atoms with Gasteiger partial charge in [-0.15, -0.1) is 0 Å². The summed E-state index contributed by atoms with van der Waals surface area (Å²) in [5.41, 5.74) is 0.0862. The fraction of sp³-hybridized carbons (Fsp3) is 0.222. The van der Waals surface area contributed by atoms with Gasteiger partial charge in [0.2, 0.25) is 0 Å². The normalized spacial score (nSPS) is 9.57. The molecule has 1 aromatic rings. The Morgan fingerprint density at radius 3 is 2.36 bits per heavy atom. The molecule has 0 spiro atoms. The van der Waals surface area contributed by atoms with Crippen LogP contribution in [0.25, 0.3) is 0 Å². The van der Waals surface area contributed by atoms with Gasteiger partial charge in [0, 0.05) is 25.9 Å². The smallest absolute Gasteiger partial charge is 0.377 e. The fourth-order valence-electron chi connectivity index (χ4n) is 0.908. The predicted molar refractivity (Wildman–Crippen MR) is 50.5 cm³/mol. The number of anilines is 1. The molecule has 5 heteroatoms. The second-order valence-corrected chi connectivity index (χ2v) is 2.93. The summed E-state index contributed by atoms with van der Waals surface area (Å²) in [6, 6.07) is 3.04. The third-order valence-electron chi connectivity index (χ3n) is 1.66. The van der Waals surface area contributed by atoms with Crippen LogP contribution >= 0.6 is 0 Å². The zero-order chi connectivity index (χ0) is 10.7.